The first-order chi connectivity index (χ1) is 8.86. The molecule has 1 aromatic rings. The van der Waals surface area contributed by atoms with Crippen LogP contribution in [0, 0.1) is 5.41 Å². The zero-order chi connectivity index (χ0) is 12.3. The van der Waals surface area contributed by atoms with Crippen LogP contribution in [0.5, 0.6) is 0 Å². The molecule has 0 aromatic carbocycles. The van der Waals surface area contributed by atoms with Gasteiger partial charge in [-0.05, 0) is 29.7 Å². The lowest BCUT2D eigenvalue weighted by atomic mass is 9.75. The minimum atomic E-state index is 0.539. The molecule has 3 rings (SSSR count). The van der Waals surface area contributed by atoms with E-state index >= 15 is 0 Å². The molecule has 1 aromatic heterocycles. The SMILES string of the molecule is c1csc(CNC2=NCC3(CCCCC3)CS2)c1. The summed E-state index contributed by atoms with van der Waals surface area (Å²) in [6.07, 6.45) is 7.03. The molecular weight excluding hydrogens is 260 g/mol. The van der Waals surface area contributed by atoms with Crippen LogP contribution in [-0.2, 0) is 6.54 Å². The normalized spacial score (nSPS) is 22.8. The Labute approximate surface area is 117 Å². The molecule has 0 atom stereocenters. The molecule has 1 N–H and O–H groups in total. The highest BCUT2D eigenvalue weighted by molar-refractivity contribution is 8.13. The van der Waals surface area contributed by atoms with Crippen LogP contribution in [0.4, 0.5) is 0 Å². The van der Waals surface area contributed by atoms with Gasteiger partial charge in [-0.15, -0.1) is 11.3 Å². The maximum absolute atomic E-state index is 4.78. The third-order valence-corrected chi connectivity index (χ3v) is 6.16. The Morgan fingerprint density at radius 3 is 2.83 bits per heavy atom. The number of hydrogen-bond acceptors (Lipinski definition) is 4. The molecule has 98 valence electrons. The lowest BCUT2D eigenvalue weighted by Gasteiger charge is -2.38. The minimum Gasteiger partial charge on any atom is -0.360 e. The lowest BCUT2D eigenvalue weighted by Crippen LogP contribution is -2.36. The van der Waals surface area contributed by atoms with Gasteiger partial charge in [0.1, 0.15) is 0 Å². The number of nitrogens with zero attached hydrogens (tertiary/aromatic N) is 1. The number of nitrogens with one attached hydrogen (secondary N) is 1. The largest absolute Gasteiger partial charge is 0.360 e. The first kappa shape index (κ1) is 12.5. The summed E-state index contributed by atoms with van der Waals surface area (Å²) in [5.41, 5.74) is 0.539. The number of rotatable bonds is 2. The van der Waals surface area contributed by atoms with Crippen molar-refractivity contribution in [2.24, 2.45) is 10.4 Å². The summed E-state index contributed by atoms with van der Waals surface area (Å²) in [5, 5.41) is 6.75. The average Bonchev–Trinajstić information content (AvgIpc) is 2.93. The van der Waals surface area contributed by atoms with Crippen molar-refractivity contribution in [2.45, 2.75) is 38.6 Å². The summed E-state index contributed by atoms with van der Waals surface area (Å²) in [4.78, 5) is 6.16. The first-order valence-corrected chi connectivity index (χ1v) is 8.66. The molecule has 1 saturated carbocycles. The van der Waals surface area contributed by atoms with Gasteiger partial charge in [0.25, 0.3) is 0 Å². The number of thioether (sulfide) groups is 1. The Kier molecular flexibility index (Phi) is 3.94. The van der Waals surface area contributed by atoms with Crippen molar-refractivity contribution >= 4 is 28.3 Å². The Balaban J connectivity index is 1.53. The van der Waals surface area contributed by atoms with Gasteiger partial charge < -0.3 is 5.32 Å². The molecule has 0 radical (unpaired) electrons. The highest BCUT2D eigenvalue weighted by Gasteiger charge is 2.34. The summed E-state index contributed by atoms with van der Waals surface area (Å²) < 4.78 is 0. The van der Waals surface area contributed by atoms with E-state index in [4.69, 9.17) is 4.99 Å². The van der Waals surface area contributed by atoms with E-state index in [1.54, 1.807) is 11.3 Å². The number of hydrogen-bond donors (Lipinski definition) is 1. The van der Waals surface area contributed by atoms with Gasteiger partial charge in [-0.25, -0.2) is 0 Å². The van der Waals surface area contributed by atoms with Crippen LogP contribution in [0.25, 0.3) is 0 Å². The molecule has 1 fully saturated rings. The standard InChI is InChI=1S/C14H20N2S2/c1-2-6-14(7-3-1)10-16-13(18-11-14)15-9-12-5-4-8-17-12/h4-5,8H,1-3,6-7,9-11H2,(H,15,16). The van der Waals surface area contributed by atoms with Crippen molar-refractivity contribution < 1.29 is 0 Å². The van der Waals surface area contributed by atoms with Crippen LogP contribution in [0.2, 0.25) is 0 Å². The van der Waals surface area contributed by atoms with Crippen LogP contribution in [0.1, 0.15) is 37.0 Å². The number of aliphatic imine (C=N–C) groups is 1. The van der Waals surface area contributed by atoms with Gasteiger partial charge >= 0.3 is 0 Å². The second-order valence-corrected chi connectivity index (χ2v) is 7.40. The number of thiophene rings is 1. The highest BCUT2D eigenvalue weighted by atomic mass is 32.2. The molecule has 0 amide bonds. The monoisotopic (exact) mass is 280 g/mol. The second-order valence-electron chi connectivity index (χ2n) is 5.40. The van der Waals surface area contributed by atoms with E-state index in [9.17, 15) is 0 Å². The Bertz CT molecular complexity index is 405. The fourth-order valence-corrected chi connectivity index (χ4v) is 4.64. The van der Waals surface area contributed by atoms with Crippen molar-refractivity contribution in [3.8, 4) is 0 Å². The quantitative estimate of drug-likeness (QED) is 0.888. The van der Waals surface area contributed by atoms with Crippen molar-refractivity contribution in [2.75, 3.05) is 12.3 Å². The predicted octanol–water partition coefficient (Wildman–Crippen LogP) is 3.89. The average molecular weight is 280 g/mol. The van der Waals surface area contributed by atoms with Gasteiger partial charge in [-0.3, -0.25) is 4.99 Å². The third-order valence-electron chi connectivity index (χ3n) is 3.98. The minimum absolute atomic E-state index is 0.539. The van der Waals surface area contributed by atoms with Gasteiger partial charge in [-0.1, -0.05) is 37.1 Å². The molecule has 2 heterocycles. The van der Waals surface area contributed by atoms with E-state index in [0.717, 1.165) is 18.3 Å². The van der Waals surface area contributed by atoms with E-state index in [1.807, 2.05) is 11.8 Å². The summed E-state index contributed by atoms with van der Waals surface area (Å²) in [5.74, 6) is 1.27. The highest BCUT2D eigenvalue weighted by Crippen LogP contribution is 2.41. The van der Waals surface area contributed by atoms with Crippen LogP contribution >= 0.6 is 23.1 Å². The van der Waals surface area contributed by atoms with Crippen molar-refractivity contribution in [1.29, 1.82) is 0 Å². The van der Waals surface area contributed by atoms with Crippen LogP contribution in [0.3, 0.4) is 0 Å². The molecule has 4 heteroatoms. The van der Waals surface area contributed by atoms with E-state index in [-0.39, 0.29) is 0 Å². The molecule has 2 aliphatic rings. The molecular formula is C14H20N2S2. The smallest absolute Gasteiger partial charge is 0.156 e. The Hall–Kier alpha value is -0.480. The van der Waals surface area contributed by atoms with Crippen LogP contribution in [0.15, 0.2) is 22.5 Å². The van der Waals surface area contributed by atoms with Gasteiger partial charge in [-0.2, -0.15) is 0 Å². The topological polar surface area (TPSA) is 24.4 Å². The number of amidine groups is 1. The van der Waals surface area contributed by atoms with Crippen LogP contribution < -0.4 is 5.32 Å². The maximum atomic E-state index is 4.78. The van der Waals surface area contributed by atoms with E-state index in [1.165, 1.54) is 42.7 Å². The summed E-state index contributed by atoms with van der Waals surface area (Å²) in [6, 6.07) is 4.28. The van der Waals surface area contributed by atoms with Crippen molar-refractivity contribution in [3.05, 3.63) is 22.4 Å². The zero-order valence-corrected chi connectivity index (χ0v) is 12.3. The Morgan fingerprint density at radius 2 is 2.17 bits per heavy atom. The third kappa shape index (κ3) is 2.91. The van der Waals surface area contributed by atoms with Gasteiger partial charge in [0, 0.05) is 17.2 Å². The van der Waals surface area contributed by atoms with Gasteiger partial charge in [0.2, 0.25) is 0 Å². The molecule has 1 aliphatic heterocycles. The van der Waals surface area contributed by atoms with Gasteiger partial charge in [0.15, 0.2) is 5.17 Å². The van der Waals surface area contributed by atoms with E-state index in [2.05, 4.69) is 22.8 Å². The van der Waals surface area contributed by atoms with Crippen molar-refractivity contribution in [1.82, 2.24) is 5.32 Å². The fourth-order valence-electron chi connectivity index (χ4n) is 2.84. The van der Waals surface area contributed by atoms with E-state index < -0.39 is 0 Å². The Morgan fingerprint density at radius 1 is 1.28 bits per heavy atom. The molecule has 1 spiro atoms. The molecule has 2 nitrogen and oxygen atoms in total. The molecule has 18 heavy (non-hydrogen) atoms. The first-order valence-electron chi connectivity index (χ1n) is 6.80. The summed E-state index contributed by atoms with van der Waals surface area (Å²) >= 11 is 3.74. The van der Waals surface area contributed by atoms with E-state index in [0.29, 0.717) is 5.41 Å². The van der Waals surface area contributed by atoms with Crippen LogP contribution in [-0.4, -0.2) is 17.5 Å². The fraction of sp³-hybridized carbons (Fsp3) is 0.643. The molecule has 0 saturated heterocycles. The van der Waals surface area contributed by atoms with Crippen molar-refractivity contribution in [3.63, 3.8) is 0 Å². The lowest BCUT2D eigenvalue weighted by molar-refractivity contribution is 0.232. The second kappa shape index (κ2) is 5.66. The summed E-state index contributed by atoms with van der Waals surface area (Å²) in [6.45, 7) is 1.98. The zero-order valence-electron chi connectivity index (χ0n) is 10.7. The predicted molar refractivity (Wildman–Crippen MR) is 81.4 cm³/mol. The molecule has 0 unspecified atom stereocenters. The maximum Gasteiger partial charge on any atom is 0.156 e. The molecule has 1 aliphatic carbocycles. The molecule has 0 bridgehead atoms. The van der Waals surface area contributed by atoms with Gasteiger partial charge in [0.05, 0.1) is 6.54 Å². The summed E-state index contributed by atoms with van der Waals surface area (Å²) in [7, 11) is 0.